The number of halogens is 3. The number of aromatic nitrogens is 2. The topological polar surface area (TPSA) is 78.4 Å². The minimum atomic E-state index is -3.88. The summed E-state index contributed by atoms with van der Waals surface area (Å²) >= 11 is 6.27. The van der Waals surface area contributed by atoms with E-state index in [4.69, 9.17) is 21.6 Å². The summed E-state index contributed by atoms with van der Waals surface area (Å²) in [4.78, 5) is 12.1. The molecule has 3 aliphatic rings. The Labute approximate surface area is 257 Å². The Morgan fingerprint density at radius 1 is 1.02 bits per heavy atom. The third-order valence-electron chi connectivity index (χ3n) is 9.40. The van der Waals surface area contributed by atoms with Gasteiger partial charge in [0.25, 0.3) is 0 Å². The maximum absolute atomic E-state index is 14.5. The van der Waals surface area contributed by atoms with Gasteiger partial charge in [0.2, 0.25) is 16.0 Å². The van der Waals surface area contributed by atoms with Crippen LogP contribution in [0.3, 0.4) is 0 Å². The molecule has 2 saturated heterocycles. The number of hydrogen-bond donors (Lipinski definition) is 1. The number of quaternary nitrogens is 1. The molecule has 3 aliphatic heterocycles. The molecule has 0 bridgehead atoms. The molecule has 8 nitrogen and oxygen atoms in total. The van der Waals surface area contributed by atoms with Crippen molar-refractivity contribution in [3.63, 3.8) is 0 Å². The average Bonchev–Trinajstić information content (AvgIpc) is 3.00. The molecule has 0 unspecified atom stereocenters. The second kappa shape index (κ2) is 12.3. The molecule has 3 aromatic rings. The van der Waals surface area contributed by atoms with Gasteiger partial charge >= 0.3 is 0 Å². The van der Waals surface area contributed by atoms with Crippen LogP contribution in [0.2, 0.25) is 5.02 Å². The lowest BCUT2D eigenvalue weighted by atomic mass is 9.97. The van der Waals surface area contributed by atoms with E-state index in [0.29, 0.717) is 29.8 Å². The van der Waals surface area contributed by atoms with E-state index in [1.54, 1.807) is 18.2 Å². The minimum absolute atomic E-state index is 0.0495. The van der Waals surface area contributed by atoms with Gasteiger partial charge in [0.05, 0.1) is 36.9 Å². The van der Waals surface area contributed by atoms with Crippen LogP contribution in [0.4, 0.5) is 20.5 Å². The standard InChI is InChI=1S/C31H38ClF2N6O2S/c1-40(17-5-2-6-18-40)24-11-14-38(15-12-24)31-36-28-13-16-39(43(41,42)29-8-4-3-7-26(29)32)21-25(28)30(37-31)35-20-22-9-10-23(33)19-27(22)34/h3-4,7-10,19,24H,2,5-6,11-18,20-21H2,1H3,(H,35,36,37)/q+1. The molecular formula is C31H38ClF2N6O2S+. The third-order valence-corrected chi connectivity index (χ3v) is 11.7. The van der Waals surface area contributed by atoms with Crippen molar-refractivity contribution in [2.45, 2.75) is 62.6 Å². The number of fused-ring (bicyclic) bond motifs is 1. The quantitative estimate of drug-likeness (QED) is 0.354. The fourth-order valence-electron chi connectivity index (χ4n) is 6.80. The normalized spacial score (nSPS) is 19.7. The Bertz CT molecular complexity index is 1590. The van der Waals surface area contributed by atoms with Crippen LogP contribution in [0.1, 0.15) is 48.9 Å². The number of nitrogens with zero attached hydrogens (tertiary/aromatic N) is 5. The van der Waals surface area contributed by atoms with Crippen LogP contribution in [0, 0.1) is 11.6 Å². The highest BCUT2D eigenvalue weighted by Crippen LogP contribution is 2.34. The fraction of sp³-hybridized carbons (Fsp3) is 0.484. The molecule has 0 spiro atoms. The molecule has 2 aromatic carbocycles. The third kappa shape index (κ3) is 6.22. The van der Waals surface area contributed by atoms with Gasteiger partial charge in [0, 0.05) is 69.2 Å². The molecule has 2 fully saturated rings. The number of sulfonamides is 1. The van der Waals surface area contributed by atoms with Crippen LogP contribution in [-0.2, 0) is 29.5 Å². The van der Waals surface area contributed by atoms with Gasteiger partial charge in [-0.05, 0) is 37.5 Å². The highest BCUT2D eigenvalue weighted by molar-refractivity contribution is 7.89. The molecule has 0 atom stereocenters. The van der Waals surface area contributed by atoms with E-state index in [-0.39, 0.29) is 35.1 Å². The first-order valence-electron chi connectivity index (χ1n) is 15.1. The van der Waals surface area contributed by atoms with Gasteiger partial charge in [0.15, 0.2) is 0 Å². The van der Waals surface area contributed by atoms with Crippen LogP contribution < -0.4 is 10.2 Å². The number of benzene rings is 2. The maximum Gasteiger partial charge on any atom is 0.244 e. The predicted octanol–water partition coefficient (Wildman–Crippen LogP) is 5.37. The van der Waals surface area contributed by atoms with Crippen LogP contribution in [0.25, 0.3) is 0 Å². The van der Waals surface area contributed by atoms with E-state index in [2.05, 4.69) is 17.3 Å². The summed E-state index contributed by atoms with van der Waals surface area (Å²) < 4.78 is 57.7. The van der Waals surface area contributed by atoms with E-state index in [0.717, 1.165) is 42.2 Å². The lowest BCUT2D eigenvalue weighted by molar-refractivity contribution is -0.938. The fourth-order valence-corrected chi connectivity index (χ4v) is 8.70. The molecule has 4 heterocycles. The molecule has 0 aliphatic carbocycles. The number of rotatable bonds is 7. The van der Waals surface area contributed by atoms with Crippen LogP contribution in [-0.4, -0.2) is 73.0 Å². The van der Waals surface area contributed by atoms with Crippen molar-refractivity contribution >= 4 is 33.4 Å². The van der Waals surface area contributed by atoms with Gasteiger partial charge in [-0.25, -0.2) is 22.2 Å². The summed E-state index contributed by atoms with van der Waals surface area (Å²) in [6.45, 7) is 4.52. The lowest BCUT2D eigenvalue weighted by Crippen LogP contribution is -2.58. The highest BCUT2D eigenvalue weighted by atomic mass is 35.5. The van der Waals surface area contributed by atoms with E-state index >= 15 is 0 Å². The summed E-state index contributed by atoms with van der Waals surface area (Å²) in [5.41, 5.74) is 1.70. The molecule has 0 saturated carbocycles. The first kappa shape index (κ1) is 30.2. The highest BCUT2D eigenvalue weighted by Gasteiger charge is 2.38. The van der Waals surface area contributed by atoms with Crippen LogP contribution >= 0.6 is 11.6 Å². The van der Waals surface area contributed by atoms with E-state index in [1.807, 2.05) is 0 Å². The minimum Gasteiger partial charge on any atom is -0.365 e. The Kier molecular flexibility index (Phi) is 8.61. The largest absolute Gasteiger partial charge is 0.365 e. The Morgan fingerprint density at radius 3 is 2.49 bits per heavy atom. The number of likely N-dealkylation sites (tertiary alicyclic amines) is 1. The molecule has 230 valence electrons. The van der Waals surface area contributed by atoms with Gasteiger partial charge in [0.1, 0.15) is 22.3 Å². The van der Waals surface area contributed by atoms with Gasteiger partial charge in [-0.2, -0.15) is 9.29 Å². The Hall–Kier alpha value is -2.86. The predicted molar refractivity (Wildman–Crippen MR) is 163 cm³/mol. The maximum atomic E-state index is 14.5. The molecular weight excluding hydrogens is 594 g/mol. The van der Waals surface area contributed by atoms with Crippen molar-refractivity contribution in [1.29, 1.82) is 0 Å². The zero-order chi connectivity index (χ0) is 30.2. The molecule has 6 rings (SSSR count). The molecule has 0 amide bonds. The van der Waals surface area contributed by atoms with Crippen molar-refractivity contribution < 1.29 is 21.7 Å². The van der Waals surface area contributed by atoms with Crippen molar-refractivity contribution in [2.24, 2.45) is 0 Å². The van der Waals surface area contributed by atoms with Crippen molar-refractivity contribution in [3.8, 4) is 0 Å². The zero-order valence-corrected chi connectivity index (χ0v) is 26.0. The number of nitrogens with one attached hydrogen (secondary N) is 1. The Balaban J connectivity index is 1.28. The van der Waals surface area contributed by atoms with Gasteiger partial charge in [-0.15, -0.1) is 0 Å². The van der Waals surface area contributed by atoms with Crippen molar-refractivity contribution in [3.05, 3.63) is 75.9 Å². The van der Waals surface area contributed by atoms with Gasteiger partial charge in [-0.1, -0.05) is 29.8 Å². The second-order valence-corrected chi connectivity index (χ2v) is 14.4. The molecule has 0 radical (unpaired) electrons. The van der Waals surface area contributed by atoms with Gasteiger partial charge in [-0.3, -0.25) is 0 Å². The number of hydrogen-bond acceptors (Lipinski definition) is 6. The average molecular weight is 632 g/mol. The van der Waals surface area contributed by atoms with Crippen molar-refractivity contribution in [2.75, 3.05) is 50.0 Å². The number of piperidine rings is 2. The first-order valence-corrected chi connectivity index (χ1v) is 16.9. The molecule has 12 heteroatoms. The Morgan fingerprint density at radius 2 is 1.77 bits per heavy atom. The van der Waals surface area contributed by atoms with E-state index < -0.39 is 21.7 Å². The zero-order valence-electron chi connectivity index (χ0n) is 24.4. The smallest absolute Gasteiger partial charge is 0.244 e. The van der Waals surface area contributed by atoms with E-state index in [9.17, 15) is 17.2 Å². The van der Waals surface area contributed by atoms with Crippen molar-refractivity contribution in [1.82, 2.24) is 14.3 Å². The molecule has 1 N–H and O–H groups in total. The summed E-state index contributed by atoms with van der Waals surface area (Å²) in [6.07, 6.45) is 6.42. The molecule has 43 heavy (non-hydrogen) atoms. The van der Waals surface area contributed by atoms with Gasteiger partial charge < -0.3 is 14.7 Å². The lowest BCUT2D eigenvalue weighted by Gasteiger charge is -2.47. The van der Waals surface area contributed by atoms with E-state index in [1.165, 1.54) is 54.9 Å². The van der Waals surface area contributed by atoms with Crippen LogP contribution in [0.5, 0.6) is 0 Å². The summed E-state index contributed by atoms with van der Waals surface area (Å²) in [7, 11) is -1.48. The molecule has 1 aromatic heterocycles. The summed E-state index contributed by atoms with van der Waals surface area (Å²) in [6, 6.07) is 10.5. The SMILES string of the molecule is C[N+]1(C2CCN(c3nc4c(c(NCc5ccc(F)cc5F)n3)CN(S(=O)(=O)c3ccccc3Cl)CC4)CC2)CCCCC1. The summed E-state index contributed by atoms with van der Waals surface area (Å²) in [5, 5.41) is 3.39. The monoisotopic (exact) mass is 631 g/mol. The first-order chi connectivity index (χ1) is 20.6. The second-order valence-electron chi connectivity index (χ2n) is 12.1. The number of anilines is 2. The van der Waals surface area contributed by atoms with Crippen LogP contribution in [0.15, 0.2) is 47.4 Å². The summed E-state index contributed by atoms with van der Waals surface area (Å²) in [5.74, 6) is -0.245.